The van der Waals surface area contributed by atoms with E-state index in [0.29, 0.717) is 31.6 Å². The molecule has 4 rings (SSSR count). The first-order valence-corrected chi connectivity index (χ1v) is 9.94. The number of hydrogen-bond donors (Lipinski definition) is 3. The van der Waals surface area contributed by atoms with Gasteiger partial charge >= 0.3 is 0 Å². The average Bonchev–Trinajstić information content (AvgIpc) is 3.19. The molecule has 2 unspecified atom stereocenters. The van der Waals surface area contributed by atoms with Crippen LogP contribution in [0.3, 0.4) is 0 Å². The van der Waals surface area contributed by atoms with Crippen molar-refractivity contribution in [3.63, 3.8) is 0 Å². The Balaban J connectivity index is 1.96. The summed E-state index contributed by atoms with van der Waals surface area (Å²) in [7, 11) is 1.90. The van der Waals surface area contributed by atoms with Gasteiger partial charge in [-0.05, 0) is 45.9 Å². The Labute approximate surface area is 168 Å². The van der Waals surface area contributed by atoms with Crippen LogP contribution in [0.5, 0.6) is 11.5 Å². The monoisotopic (exact) mass is 399 g/mol. The summed E-state index contributed by atoms with van der Waals surface area (Å²) in [5, 5.41) is 41.9. The lowest BCUT2D eigenvalue weighted by atomic mass is 9.84. The molecule has 8 heteroatoms. The Bertz CT molecular complexity index is 1040. The largest absolute Gasteiger partial charge is 0.507 e. The maximum atomic E-state index is 12.7. The Morgan fingerprint density at radius 1 is 1.24 bits per heavy atom. The molecule has 0 amide bonds. The highest BCUT2D eigenvalue weighted by Gasteiger charge is 2.35. The van der Waals surface area contributed by atoms with Crippen molar-refractivity contribution in [1.29, 1.82) is 5.26 Å². The van der Waals surface area contributed by atoms with E-state index in [9.17, 15) is 25.4 Å². The summed E-state index contributed by atoms with van der Waals surface area (Å²) < 4.78 is 5.62. The van der Waals surface area contributed by atoms with Crippen molar-refractivity contribution in [1.82, 2.24) is 9.80 Å². The molecule has 1 aromatic carbocycles. The van der Waals surface area contributed by atoms with Gasteiger partial charge in [0.25, 0.3) is 0 Å². The van der Waals surface area contributed by atoms with E-state index in [-0.39, 0.29) is 33.8 Å². The molecular formula is C21H25N3O5. The molecule has 2 aliphatic rings. The van der Waals surface area contributed by atoms with Gasteiger partial charge in [0.15, 0.2) is 11.0 Å². The predicted molar refractivity (Wildman–Crippen MR) is 106 cm³/mol. The number of phenols is 2. The molecule has 2 saturated heterocycles. The van der Waals surface area contributed by atoms with Gasteiger partial charge in [-0.3, -0.25) is 9.69 Å². The number of nitriles is 1. The molecule has 1 aromatic heterocycles. The van der Waals surface area contributed by atoms with Gasteiger partial charge in [-0.1, -0.05) is 0 Å². The maximum Gasteiger partial charge on any atom is 0.207 e. The van der Waals surface area contributed by atoms with Gasteiger partial charge in [0.05, 0.1) is 11.7 Å². The minimum atomic E-state index is -0.775. The topological polar surface area (TPSA) is 121 Å². The summed E-state index contributed by atoms with van der Waals surface area (Å²) in [6, 6.07) is 2.86. The first kappa shape index (κ1) is 19.7. The fraction of sp³-hybridized carbons (Fsp3) is 0.524. The number of nitrogens with zero attached hydrogens (tertiary/aromatic N) is 3. The number of hydrogen-bond acceptors (Lipinski definition) is 8. The normalized spacial score (nSPS) is 23.5. The second-order valence-electron chi connectivity index (χ2n) is 8.09. The lowest BCUT2D eigenvalue weighted by Crippen LogP contribution is -2.40. The van der Waals surface area contributed by atoms with Crippen LogP contribution in [0.15, 0.2) is 15.3 Å². The van der Waals surface area contributed by atoms with E-state index in [4.69, 9.17) is 4.42 Å². The van der Waals surface area contributed by atoms with Crippen molar-refractivity contribution in [3.05, 3.63) is 33.2 Å². The Morgan fingerprint density at radius 2 is 1.97 bits per heavy atom. The first-order valence-electron chi connectivity index (χ1n) is 9.94. The predicted octanol–water partition coefficient (Wildman–Crippen LogP) is 1.45. The quantitative estimate of drug-likeness (QED) is 0.709. The van der Waals surface area contributed by atoms with E-state index in [1.54, 1.807) is 0 Å². The Kier molecular flexibility index (Phi) is 5.21. The summed E-state index contributed by atoms with van der Waals surface area (Å²) in [4.78, 5) is 16.8. The van der Waals surface area contributed by atoms with Crippen molar-refractivity contribution in [3.8, 4) is 17.6 Å². The van der Waals surface area contributed by atoms with Crippen LogP contribution in [0, 0.1) is 11.3 Å². The number of rotatable bonds is 3. The van der Waals surface area contributed by atoms with Crippen LogP contribution < -0.4 is 5.43 Å². The van der Waals surface area contributed by atoms with E-state index in [0.717, 1.165) is 32.0 Å². The summed E-state index contributed by atoms with van der Waals surface area (Å²) in [5.41, 5.74) is 0.0359. The number of β-amino-alcohol motifs (C(OH)–C–C–N with tert-alkyl or cyclic N) is 1. The lowest BCUT2D eigenvalue weighted by Gasteiger charge is -2.34. The van der Waals surface area contributed by atoms with Crippen LogP contribution in [-0.2, 0) is 6.54 Å². The van der Waals surface area contributed by atoms with Gasteiger partial charge in [0.2, 0.25) is 5.76 Å². The van der Waals surface area contributed by atoms with Crippen LogP contribution in [-0.4, -0.2) is 64.5 Å². The van der Waals surface area contributed by atoms with Gasteiger partial charge in [0.1, 0.15) is 23.0 Å². The average molecular weight is 399 g/mol. The second kappa shape index (κ2) is 7.67. The number of piperidine rings is 1. The molecule has 0 radical (unpaired) electrons. The SMILES string of the molecule is CN1CCC(c2c(O)c(CN3CCCC3)c(O)c3c(=O)cc(C#N)oc23)C(O)C1. The molecule has 2 aromatic rings. The van der Waals surface area contributed by atoms with Crippen LogP contribution in [0.4, 0.5) is 0 Å². The van der Waals surface area contributed by atoms with Gasteiger partial charge in [-0.2, -0.15) is 5.26 Å². The molecule has 0 saturated carbocycles. The van der Waals surface area contributed by atoms with Gasteiger partial charge in [0, 0.05) is 30.6 Å². The zero-order valence-corrected chi connectivity index (χ0v) is 16.4. The second-order valence-corrected chi connectivity index (χ2v) is 8.09. The number of fused-ring (bicyclic) bond motifs is 1. The molecule has 2 aliphatic heterocycles. The first-order chi connectivity index (χ1) is 13.9. The molecule has 154 valence electrons. The highest BCUT2D eigenvalue weighted by atomic mass is 16.3. The molecular weight excluding hydrogens is 374 g/mol. The fourth-order valence-electron chi connectivity index (χ4n) is 4.58. The molecule has 2 atom stereocenters. The molecule has 2 fully saturated rings. The van der Waals surface area contributed by atoms with Gasteiger partial charge < -0.3 is 24.6 Å². The molecule has 3 N–H and O–H groups in total. The van der Waals surface area contributed by atoms with Crippen molar-refractivity contribution in [2.24, 2.45) is 0 Å². The van der Waals surface area contributed by atoms with Crippen molar-refractivity contribution in [2.75, 3.05) is 33.2 Å². The standard InChI is InChI=1S/C21H25N3O5/c1-23-7-4-13(16(26)11-23)17-19(27)14(10-24-5-2-3-6-24)20(28)18-15(25)8-12(9-22)29-21(17)18/h8,13,16,26-28H,2-7,10-11H2,1H3. The third-order valence-corrected chi connectivity index (χ3v) is 6.10. The van der Waals surface area contributed by atoms with Gasteiger partial charge in [-0.25, -0.2) is 0 Å². The molecule has 29 heavy (non-hydrogen) atoms. The van der Waals surface area contributed by atoms with Crippen LogP contribution >= 0.6 is 0 Å². The summed E-state index contributed by atoms with van der Waals surface area (Å²) >= 11 is 0. The summed E-state index contributed by atoms with van der Waals surface area (Å²) in [6.07, 6.45) is 1.87. The molecule has 8 nitrogen and oxygen atoms in total. The van der Waals surface area contributed by atoms with E-state index >= 15 is 0 Å². The van der Waals surface area contributed by atoms with Gasteiger partial charge in [-0.15, -0.1) is 0 Å². The zero-order valence-electron chi connectivity index (χ0n) is 16.4. The number of likely N-dealkylation sites (tertiary alicyclic amines) is 2. The molecule has 3 heterocycles. The number of phenolic OH excluding ortho intramolecular Hbond substituents is 2. The van der Waals surface area contributed by atoms with Crippen LogP contribution in [0.1, 0.15) is 42.1 Å². The van der Waals surface area contributed by atoms with Crippen molar-refractivity contribution in [2.45, 2.75) is 37.8 Å². The maximum absolute atomic E-state index is 12.7. The van der Waals surface area contributed by atoms with E-state index < -0.39 is 17.5 Å². The smallest absolute Gasteiger partial charge is 0.207 e. The number of likely N-dealkylation sites (N-methyl/N-ethyl adjacent to an activating group) is 1. The summed E-state index contributed by atoms with van der Waals surface area (Å²) in [6.45, 7) is 3.13. The molecule has 0 bridgehead atoms. The third-order valence-electron chi connectivity index (χ3n) is 6.10. The summed E-state index contributed by atoms with van der Waals surface area (Å²) in [5.74, 6) is -1.14. The zero-order chi connectivity index (χ0) is 20.7. The van der Waals surface area contributed by atoms with Crippen LogP contribution in [0.25, 0.3) is 11.0 Å². The Hall–Kier alpha value is -2.60. The highest BCUT2D eigenvalue weighted by molar-refractivity contribution is 5.90. The third kappa shape index (κ3) is 3.46. The number of aromatic hydroxyl groups is 2. The lowest BCUT2D eigenvalue weighted by molar-refractivity contribution is 0.0629. The van der Waals surface area contributed by atoms with Crippen molar-refractivity contribution >= 4 is 11.0 Å². The molecule has 0 spiro atoms. The number of benzene rings is 1. The minimum Gasteiger partial charge on any atom is -0.507 e. The minimum absolute atomic E-state index is 0.0113. The number of aliphatic hydroxyl groups excluding tert-OH is 1. The highest BCUT2D eigenvalue weighted by Crippen LogP contribution is 2.45. The van der Waals surface area contributed by atoms with E-state index in [1.165, 1.54) is 0 Å². The fourth-order valence-corrected chi connectivity index (χ4v) is 4.58. The van der Waals surface area contributed by atoms with E-state index in [2.05, 4.69) is 4.90 Å². The van der Waals surface area contributed by atoms with Crippen molar-refractivity contribution < 1.29 is 19.7 Å². The Morgan fingerprint density at radius 3 is 2.62 bits per heavy atom. The number of aliphatic hydroxyl groups is 1. The molecule has 0 aliphatic carbocycles. The van der Waals surface area contributed by atoms with E-state index in [1.807, 2.05) is 18.0 Å². The van der Waals surface area contributed by atoms with Crippen LogP contribution in [0.2, 0.25) is 0 Å².